The van der Waals surface area contributed by atoms with E-state index in [0.717, 1.165) is 16.9 Å². The maximum Gasteiger partial charge on any atom is 0.318 e. The molecule has 3 rings (SSSR count). The Labute approximate surface area is 156 Å². The molecule has 26 heavy (non-hydrogen) atoms. The fourth-order valence-corrected chi connectivity index (χ4v) is 3.54. The Hall–Kier alpha value is -2.67. The van der Waals surface area contributed by atoms with Crippen molar-refractivity contribution < 1.29 is 9.53 Å². The van der Waals surface area contributed by atoms with Crippen molar-refractivity contribution in [2.24, 2.45) is 0 Å². The van der Waals surface area contributed by atoms with E-state index in [2.05, 4.69) is 28.2 Å². The summed E-state index contributed by atoms with van der Waals surface area (Å²) in [6, 6.07) is 11.8. The molecular weight excluding hydrogens is 348 g/mol. The zero-order valence-corrected chi connectivity index (χ0v) is 15.9. The van der Waals surface area contributed by atoms with Crippen LogP contribution in [0.5, 0.6) is 0 Å². The molecule has 134 valence electrons. The average Bonchev–Trinajstić information content (AvgIpc) is 3.05. The Morgan fingerprint density at radius 2 is 2.00 bits per heavy atom. The van der Waals surface area contributed by atoms with Crippen LogP contribution >= 0.6 is 11.8 Å². The predicted molar refractivity (Wildman–Crippen MR) is 101 cm³/mol. The number of carbonyl (C=O) groups is 1. The van der Waals surface area contributed by atoms with Crippen LogP contribution in [-0.4, -0.2) is 38.1 Å². The van der Waals surface area contributed by atoms with E-state index < -0.39 is 5.25 Å². The van der Waals surface area contributed by atoms with Gasteiger partial charge in [0.05, 0.1) is 12.8 Å². The zero-order chi connectivity index (χ0) is 18.7. The van der Waals surface area contributed by atoms with E-state index in [-0.39, 0.29) is 5.97 Å². The largest absolute Gasteiger partial charge is 0.468 e. The molecule has 1 aromatic carbocycles. The van der Waals surface area contributed by atoms with Crippen molar-refractivity contribution in [3.63, 3.8) is 0 Å². The van der Waals surface area contributed by atoms with Crippen molar-refractivity contribution in [2.45, 2.75) is 31.2 Å². The van der Waals surface area contributed by atoms with Crippen molar-refractivity contribution >= 4 is 17.7 Å². The second-order valence-corrected chi connectivity index (χ2v) is 7.24. The van der Waals surface area contributed by atoms with Gasteiger partial charge in [-0.2, -0.15) is 0 Å². The summed E-state index contributed by atoms with van der Waals surface area (Å²) in [6.07, 6.45) is 1.72. The molecule has 0 aliphatic heterocycles. The summed E-state index contributed by atoms with van der Waals surface area (Å²) < 4.78 is 6.78. The molecule has 0 N–H and O–H groups in total. The van der Waals surface area contributed by atoms with Crippen LogP contribution in [0.25, 0.3) is 17.2 Å². The number of benzene rings is 1. The lowest BCUT2D eigenvalue weighted by molar-refractivity contribution is -0.139. The highest BCUT2D eigenvalue weighted by atomic mass is 32.2. The van der Waals surface area contributed by atoms with E-state index in [9.17, 15) is 4.79 Å². The third kappa shape index (κ3) is 3.62. The highest BCUT2D eigenvalue weighted by Gasteiger charge is 2.23. The van der Waals surface area contributed by atoms with Gasteiger partial charge in [0.1, 0.15) is 10.9 Å². The topological polar surface area (TPSA) is 69.9 Å². The molecule has 0 saturated carbocycles. The summed E-state index contributed by atoms with van der Waals surface area (Å²) >= 11 is 1.31. The van der Waals surface area contributed by atoms with Gasteiger partial charge in [0, 0.05) is 6.20 Å². The Morgan fingerprint density at radius 1 is 1.19 bits per heavy atom. The van der Waals surface area contributed by atoms with Crippen LogP contribution in [0.4, 0.5) is 0 Å². The molecule has 0 amide bonds. The highest BCUT2D eigenvalue weighted by Crippen LogP contribution is 2.31. The number of carbonyl (C=O) groups excluding carboxylic acids is 1. The van der Waals surface area contributed by atoms with Crippen molar-refractivity contribution in [3.8, 4) is 17.2 Å². The Kier molecular flexibility index (Phi) is 5.37. The summed E-state index contributed by atoms with van der Waals surface area (Å²) in [4.78, 5) is 16.2. The van der Waals surface area contributed by atoms with Crippen molar-refractivity contribution in [1.82, 2.24) is 19.7 Å². The first-order chi connectivity index (χ1) is 12.5. The van der Waals surface area contributed by atoms with Gasteiger partial charge in [-0.15, -0.1) is 10.2 Å². The van der Waals surface area contributed by atoms with Gasteiger partial charge in [0.2, 0.25) is 0 Å². The number of methoxy groups -OCH3 is 1. The fourth-order valence-electron chi connectivity index (χ4n) is 2.65. The third-order valence-electron chi connectivity index (χ3n) is 3.94. The van der Waals surface area contributed by atoms with E-state index in [0.29, 0.717) is 11.0 Å². The zero-order valence-electron chi connectivity index (χ0n) is 15.1. The number of hydrogen-bond acceptors (Lipinski definition) is 6. The summed E-state index contributed by atoms with van der Waals surface area (Å²) in [6.45, 7) is 5.89. The minimum Gasteiger partial charge on any atom is -0.468 e. The van der Waals surface area contributed by atoms with Gasteiger partial charge in [-0.3, -0.25) is 14.3 Å². The van der Waals surface area contributed by atoms with Gasteiger partial charge in [0.25, 0.3) is 0 Å². The predicted octanol–water partition coefficient (Wildman–Crippen LogP) is 3.60. The summed E-state index contributed by atoms with van der Waals surface area (Å²) in [5.74, 6) is 0.335. The molecule has 7 heteroatoms. The summed E-state index contributed by atoms with van der Waals surface area (Å²) in [5, 5.41) is 8.88. The number of nitrogens with zero attached hydrogens (tertiary/aromatic N) is 4. The van der Waals surface area contributed by atoms with Gasteiger partial charge in [-0.05, 0) is 44.5 Å². The maximum atomic E-state index is 11.8. The minimum absolute atomic E-state index is 0.301. The van der Waals surface area contributed by atoms with E-state index in [1.807, 2.05) is 41.8 Å². The first kappa shape index (κ1) is 18.1. The molecule has 0 aliphatic rings. The fraction of sp³-hybridized carbons (Fsp3) is 0.263. The number of rotatable bonds is 5. The van der Waals surface area contributed by atoms with Crippen LogP contribution in [-0.2, 0) is 9.53 Å². The average molecular weight is 368 g/mol. The first-order valence-electron chi connectivity index (χ1n) is 8.20. The minimum atomic E-state index is -0.398. The van der Waals surface area contributed by atoms with Crippen LogP contribution in [0.15, 0.2) is 47.8 Å². The third-order valence-corrected chi connectivity index (χ3v) is 4.96. The monoisotopic (exact) mass is 368 g/mol. The molecule has 0 bridgehead atoms. The van der Waals surface area contributed by atoms with Gasteiger partial charge in [-0.25, -0.2) is 0 Å². The number of ether oxygens (including phenoxy) is 1. The number of hydrogen-bond donors (Lipinski definition) is 0. The summed E-state index contributed by atoms with van der Waals surface area (Å²) in [5.41, 5.74) is 3.95. The Balaban J connectivity index is 2.14. The SMILES string of the molecule is COC(=O)[C@@H](C)Sc1nnc(-c2ccccn2)n1-c1ccc(C)cc1C. The normalized spacial score (nSPS) is 12.0. The molecule has 0 unspecified atom stereocenters. The van der Waals surface area contributed by atoms with Crippen molar-refractivity contribution in [3.05, 3.63) is 53.7 Å². The van der Waals surface area contributed by atoms with Crippen LogP contribution in [0.2, 0.25) is 0 Å². The van der Waals surface area contributed by atoms with Crippen LogP contribution in [0.1, 0.15) is 18.1 Å². The molecule has 2 aromatic heterocycles. The molecule has 0 fully saturated rings. The van der Waals surface area contributed by atoms with Gasteiger partial charge in [-0.1, -0.05) is 35.5 Å². The molecule has 3 aromatic rings. The summed E-state index contributed by atoms with van der Waals surface area (Å²) in [7, 11) is 1.38. The van der Waals surface area contributed by atoms with E-state index in [1.54, 1.807) is 13.1 Å². The highest BCUT2D eigenvalue weighted by molar-refractivity contribution is 8.00. The van der Waals surface area contributed by atoms with Gasteiger partial charge >= 0.3 is 5.97 Å². The molecular formula is C19H20N4O2S. The number of aromatic nitrogens is 4. The van der Waals surface area contributed by atoms with E-state index >= 15 is 0 Å². The first-order valence-corrected chi connectivity index (χ1v) is 9.08. The molecule has 6 nitrogen and oxygen atoms in total. The molecule has 2 heterocycles. The maximum absolute atomic E-state index is 11.8. The van der Waals surface area contributed by atoms with Crippen LogP contribution in [0.3, 0.4) is 0 Å². The number of esters is 1. The lowest BCUT2D eigenvalue weighted by Crippen LogP contribution is -2.15. The van der Waals surface area contributed by atoms with Gasteiger partial charge in [0.15, 0.2) is 11.0 Å². The lowest BCUT2D eigenvalue weighted by atomic mass is 10.1. The van der Waals surface area contributed by atoms with Crippen LogP contribution in [0, 0.1) is 13.8 Å². The standard InChI is InChI=1S/C19H20N4O2S/c1-12-8-9-16(13(2)11-12)23-17(15-7-5-6-10-20-15)21-22-19(23)26-14(3)18(24)25-4/h5-11,14H,1-4H3/t14-/m1/s1. The molecule has 1 atom stereocenters. The second kappa shape index (κ2) is 7.70. The molecule has 0 spiro atoms. The quantitative estimate of drug-likeness (QED) is 0.506. The van der Waals surface area contributed by atoms with Gasteiger partial charge < -0.3 is 4.74 Å². The molecule has 0 aliphatic carbocycles. The van der Waals surface area contributed by atoms with E-state index in [1.165, 1.54) is 24.4 Å². The molecule has 0 radical (unpaired) electrons. The number of pyridine rings is 1. The molecule has 0 saturated heterocycles. The lowest BCUT2D eigenvalue weighted by Gasteiger charge is -2.14. The van der Waals surface area contributed by atoms with Crippen molar-refractivity contribution in [2.75, 3.05) is 7.11 Å². The van der Waals surface area contributed by atoms with E-state index in [4.69, 9.17) is 4.74 Å². The number of thioether (sulfide) groups is 1. The smallest absolute Gasteiger partial charge is 0.318 e. The Bertz CT molecular complexity index is 925. The number of aryl methyl sites for hydroxylation is 2. The second-order valence-electron chi connectivity index (χ2n) is 5.93. The van der Waals surface area contributed by atoms with Crippen molar-refractivity contribution in [1.29, 1.82) is 0 Å². The van der Waals surface area contributed by atoms with Crippen LogP contribution < -0.4 is 0 Å². The Morgan fingerprint density at radius 3 is 2.65 bits per heavy atom.